The second-order valence-corrected chi connectivity index (χ2v) is 8.39. The van der Waals surface area contributed by atoms with Crippen LogP contribution in [0.1, 0.15) is 9.88 Å². The van der Waals surface area contributed by atoms with E-state index < -0.39 is 10.0 Å². The van der Waals surface area contributed by atoms with Gasteiger partial charge in [0, 0.05) is 25.2 Å². The van der Waals surface area contributed by atoms with Crippen LogP contribution in [0.4, 0.5) is 10.8 Å². The molecule has 110 valence electrons. The zero-order valence-corrected chi connectivity index (χ0v) is 13.7. The van der Waals surface area contributed by atoms with Gasteiger partial charge in [-0.3, -0.25) is 0 Å². The Hall–Kier alpha value is -1.23. The van der Waals surface area contributed by atoms with Crippen LogP contribution in [0.3, 0.4) is 0 Å². The first-order valence-electron chi connectivity index (χ1n) is 5.65. The largest absolute Gasteiger partial charge is 0.382 e. The van der Waals surface area contributed by atoms with Gasteiger partial charge < -0.3 is 11.1 Å². The lowest BCUT2D eigenvalue weighted by Crippen LogP contribution is -2.23. The molecular formula is C10H15N5O2S3. The quantitative estimate of drug-likeness (QED) is 0.856. The van der Waals surface area contributed by atoms with E-state index in [2.05, 4.69) is 14.7 Å². The van der Waals surface area contributed by atoms with Gasteiger partial charge in [-0.15, -0.1) is 11.3 Å². The zero-order chi connectivity index (χ0) is 14.9. The van der Waals surface area contributed by atoms with Crippen LogP contribution in [0, 0.1) is 6.92 Å². The minimum atomic E-state index is -3.61. The smallest absolute Gasteiger partial charge is 0.249 e. The van der Waals surface area contributed by atoms with Crippen molar-refractivity contribution in [3.8, 4) is 0 Å². The molecule has 0 atom stereocenters. The van der Waals surface area contributed by atoms with E-state index in [1.54, 1.807) is 17.5 Å². The van der Waals surface area contributed by atoms with Gasteiger partial charge in [-0.25, -0.2) is 17.7 Å². The second-order valence-electron chi connectivity index (χ2n) is 4.21. The minimum Gasteiger partial charge on any atom is -0.382 e. The lowest BCUT2D eigenvalue weighted by Gasteiger charge is -2.12. The first-order chi connectivity index (χ1) is 9.32. The molecule has 0 bridgehead atoms. The molecule has 0 aromatic carbocycles. The van der Waals surface area contributed by atoms with Gasteiger partial charge in [0.15, 0.2) is 10.7 Å². The lowest BCUT2D eigenvalue weighted by atomic mass is 10.5. The molecular weight excluding hydrogens is 318 g/mol. The molecule has 0 saturated carbocycles. The van der Waals surface area contributed by atoms with Crippen molar-refractivity contribution >= 4 is 43.7 Å². The third-order valence-corrected chi connectivity index (χ3v) is 6.26. The molecule has 2 rings (SSSR count). The molecule has 2 aromatic rings. The van der Waals surface area contributed by atoms with Crippen molar-refractivity contribution in [2.75, 3.05) is 25.1 Å². The van der Waals surface area contributed by atoms with Crippen LogP contribution in [0.25, 0.3) is 0 Å². The molecule has 0 aliphatic heterocycles. The van der Waals surface area contributed by atoms with Crippen molar-refractivity contribution in [3.63, 3.8) is 0 Å². The number of rotatable bonds is 5. The molecule has 10 heteroatoms. The van der Waals surface area contributed by atoms with E-state index >= 15 is 0 Å². The molecule has 0 aliphatic carbocycles. The van der Waals surface area contributed by atoms with E-state index in [0.29, 0.717) is 11.5 Å². The van der Waals surface area contributed by atoms with Gasteiger partial charge in [0.1, 0.15) is 5.00 Å². The summed E-state index contributed by atoms with van der Waals surface area (Å²) in [6.07, 6.45) is 1.76. The van der Waals surface area contributed by atoms with E-state index in [1.807, 2.05) is 6.92 Å². The third-order valence-electron chi connectivity index (χ3n) is 2.51. The van der Waals surface area contributed by atoms with Gasteiger partial charge in [-0.1, -0.05) is 0 Å². The van der Waals surface area contributed by atoms with Crippen molar-refractivity contribution < 1.29 is 8.42 Å². The van der Waals surface area contributed by atoms with E-state index in [4.69, 9.17) is 5.73 Å². The Labute approximate surface area is 125 Å². The molecule has 0 spiro atoms. The summed E-state index contributed by atoms with van der Waals surface area (Å²) in [5.74, 6) is 0.0201. The van der Waals surface area contributed by atoms with Gasteiger partial charge in [-0.05, 0) is 18.5 Å². The minimum absolute atomic E-state index is 0.0201. The topological polar surface area (TPSA) is 101 Å². The molecule has 2 aromatic heterocycles. The molecule has 0 aliphatic rings. The predicted octanol–water partition coefficient (Wildman–Crippen LogP) is 1.35. The summed E-state index contributed by atoms with van der Waals surface area (Å²) in [6, 6.07) is 0. The average Bonchev–Trinajstić information content (AvgIpc) is 2.93. The molecule has 0 fully saturated rings. The highest BCUT2D eigenvalue weighted by atomic mass is 32.2. The van der Waals surface area contributed by atoms with Crippen LogP contribution in [0.5, 0.6) is 0 Å². The number of nitrogens with one attached hydrogen (secondary N) is 1. The lowest BCUT2D eigenvalue weighted by molar-refractivity contribution is 0.521. The Morgan fingerprint density at radius 2 is 2.15 bits per heavy atom. The Balaban J connectivity index is 2.26. The number of aromatic nitrogens is 2. The van der Waals surface area contributed by atoms with Crippen LogP contribution < -0.4 is 11.1 Å². The van der Waals surface area contributed by atoms with Gasteiger partial charge in [-0.2, -0.15) is 4.37 Å². The molecule has 3 N–H and O–H groups in total. The van der Waals surface area contributed by atoms with Crippen LogP contribution in [0.15, 0.2) is 11.1 Å². The number of anilines is 2. The van der Waals surface area contributed by atoms with Crippen LogP contribution in [-0.4, -0.2) is 36.2 Å². The van der Waals surface area contributed by atoms with Crippen molar-refractivity contribution in [1.82, 2.24) is 13.7 Å². The molecule has 2 heterocycles. The van der Waals surface area contributed by atoms with E-state index in [0.717, 1.165) is 25.7 Å². The average molecular weight is 333 g/mol. The normalized spacial score (nSPS) is 12.0. The summed E-state index contributed by atoms with van der Waals surface area (Å²) in [6.45, 7) is 2.41. The standard InChI is InChI=1S/C10H15N5O2S3/c1-6-12-4-7(18-6)5-13-10-8(9(11)14-19-10)20(16,17)15(2)3/h4,13H,5H2,1-3H3,(H2,11,14). The third kappa shape index (κ3) is 2.92. The Morgan fingerprint density at radius 1 is 1.45 bits per heavy atom. The van der Waals surface area contributed by atoms with Crippen molar-refractivity contribution in [2.45, 2.75) is 18.4 Å². The molecule has 7 nitrogen and oxygen atoms in total. The number of hydrogen-bond donors (Lipinski definition) is 2. The fourth-order valence-corrected chi connectivity index (χ4v) is 4.30. The Kier molecular flexibility index (Phi) is 4.28. The van der Waals surface area contributed by atoms with Crippen LogP contribution >= 0.6 is 22.9 Å². The molecule has 0 amide bonds. The number of hydrogen-bond acceptors (Lipinski definition) is 8. The van der Waals surface area contributed by atoms with Gasteiger partial charge in [0.05, 0.1) is 11.6 Å². The monoisotopic (exact) mass is 333 g/mol. The first-order valence-corrected chi connectivity index (χ1v) is 8.68. The maximum absolute atomic E-state index is 12.2. The summed E-state index contributed by atoms with van der Waals surface area (Å²) < 4.78 is 29.5. The van der Waals surface area contributed by atoms with E-state index in [1.165, 1.54) is 14.1 Å². The van der Waals surface area contributed by atoms with E-state index in [9.17, 15) is 8.42 Å². The van der Waals surface area contributed by atoms with Crippen molar-refractivity contribution in [1.29, 1.82) is 0 Å². The fraction of sp³-hybridized carbons (Fsp3) is 0.400. The molecule has 0 saturated heterocycles. The Bertz CT molecular complexity index is 704. The summed E-state index contributed by atoms with van der Waals surface area (Å²) in [5.41, 5.74) is 5.68. The SMILES string of the molecule is Cc1ncc(CNc2snc(N)c2S(=O)(=O)N(C)C)s1. The van der Waals surface area contributed by atoms with Gasteiger partial charge >= 0.3 is 0 Å². The maximum Gasteiger partial charge on any atom is 0.249 e. The zero-order valence-electron chi connectivity index (χ0n) is 11.2. The highest BCUT2D eigenvalue weighted by molar-refractivity contribution is 7.89. The van der Waals surface area contributed by atoms with Crippen molar-refractivity contribution in [2.24, 2.45) is 0 Å². The summed E-state index contributed by atoms with van der Waals surface area (Å²) in [4.78, 5) is 5.20. The fourth-order valence-electron chi connectivity index (χ4n) is 1.49. The number of thiazole rings is 1. The Morgan fingerprint density at radius 3 is 2.70 bits per heavy atom. The number of nitrogens with zero attached hydrogens (tertiary/aromatic N) is 3. The van der Waals surface area contributed by atoms with Gasteiger partial charge in [0.25, 0.3) is 0 Å². The molecule has 20 heavy (non-hydrogen) atoms. The molecule has 0 radical (unpaired) electrons. The highest BCUT2D eigenvalue weighted by Gasteiger charge is 2.27. The second kappa shape index (κ2) is 5.64. The predicted molar refractivity (Wildman–Crippen MR) is 81.6 cm³/mol. The van der Waals surface area contributed by atoms with Crippen molar-refractivity contribution in [3.05, 3.63) is 16.1 Å². The first kappa shape index (κ1) is 15.2. The summed E-state index contributed by atoms with van der Waals surface area (Å²) in [5, 5.41) is 4.48. The van der Waals surface area contributed by atoms with E-state index in [-0.39, 0.29) is 10.7 Å². The number of aryl methyl sites for hydroxylation is 1. The maximum atomic E-state index is 12.2. The van der Waals surface area contributed by atoms with Crippen LogP contribution in [0.2, 0.25) is 0 Å². The summed E-state index contributed by atoms with van der Waals surface area (Å²) >= 11 is 2.59. The highest BCUT2D eigenvalue weighted by Crippen LogP contribution is 2.33. The van der Waals surface area contributed by atoms with Crippen LogP contribution in [-0.2, 0) is 16.6 Å². The summed E-state index contributed by atoms with van der Waals surface area (Å²) in [7, 11) is -0.690. The molecule has 0 unspecified atom stereocenters. The van der Waals surface area contributed by atoms with Gasteiger partial charge in [0.2, 0.25) is 10.0 Å². The number of sulfonamides is 1. The number of nitrogens with two attached hydrogens (primary N) is 1. The number of nitrogen functional groups attached to an aromatic ring is 1.